The number of hydrogen-bond donors (Lipinski definition) is 1. The van der Waals surface area contributed by atoms with Crippen LogP contribution < -0.4 is 5.32 Å². The number of carbonyl (C=O) groups excluding carboxylic acids is 1. The third-order valence-electron chi connectivity index (χ3n) is 5.75. The number of hydrogen-bond acceptors (Lipinski definition) is 5. The van der Waals surface area contributed by atoms with Crippen molar-refractivity contribution in [3.05, 3.63) is 71.1 Å². The number of rotatable bonds is 8. The molecule has 4 rings (SSSR count). The number of benzene rings is 2. The molecule has 1 aromatic heterocycles. The van der Waals surface area contributed by atoms with Crippen molar-refractivity contribution in [2.45, 2.75) is 37.3 Å². The normalized spacial score (nSPS) is 15.1. The SMILES string of the molecule is Cc1ccc([S@@](=O)Cc2nc(-c3ccc(C(=O)NCCN4CCCC4)cc3)oc2C)cc1. The van der Waals surface area contributed by atoms with Crippen LogP contribution in [-0.2, 0) is 16.6 Å². The van der Waals surface area contributed by atoms with Gasteiger partial charge in [-0.3, -0.25) is 9.00 Å². The number of oxazole rings is 1. The summed E-state index contributed by atoms with van der Waals surface area (Å²) in [5.41, 5.74) is 3.21. The molecule has 0 saturated carbocycles. The van der Waals surface area contributed by atoms with Crippen LogP contribution in [-0.4, -0.2) is 46.2 Å². The fourth-order valence-corrected chi connectivity index (χ4v) is 4.91. The summed E-state index contributed by atoms with van der Waals surface area (Å²) in [5, 5.41) is 2.99. The minimum atomic E-state index is -1.19. The Morgan fingerprint density at radius 1 is 1.06 bits per heavy atom. The highest BCUT2D eigenvalue weighted by molar-refractivity contribution is 7.84. The van der Waals surface area contributed by atoms with Crippen molar-refractivity contribution in [2.75, 3.05) is 26.2 Å². The van der Waals surface area contributed by atoms with E-state index in [0.717, 1.165) is 35.7 Å². The zero-order valence-electron chi connectivity index (χ0n) is 18.6. The maximum atomic E-state index is 12.7. The van der Waals surface area contributed by atoms with Gasteiger partial charge < -0.3 is 14.6 Å². The molecule has 3 aromatic rings. The third kappa shape index (κ3) is 5.53. The Bertz CT molecular complexity index is 1080. The summed E-state index contributed by atoms with van der Waals surface area (Å²) < 4.78 is 18.5. The Kier molecular flexibility index (Phi) is 7.17. The van der Waals surface area contributed by atoms with Gasteiger partial charge in [0.25, 0.3) is 5.91 Å². The van der Waals surface area contributed by atoms with Crippen LogP contribution in [0.3, 0.4) is 0 Å². The molecule has 6 nitrogen and oxygen atoms in total. The van der Waals surface area contributed by atoms with Gasteiger partial charge in [0.2, 0.25) is 5.89 Å². The number of amides is 1. The summed E-state index contributed by atoms with van der Waals surface area (Å²) in [6, 6.07) is 14.9. The molecule has 0 aliphatic carbocycles. The molecule has 0 bridgehead atoms. The van der Waals surface area contributed by atoms with Crippen molar-refractivity contribution in [1.82, 2.24) is 15.2 Å². The maximum absolute atomic E-state index is 12.7. The van der Waals surface area contributed by atoms with E-state index >= 15 is 0 Å². The first-order valence-corrected chi connectivity index (χ1v) is 12.3. The average molecular weight is 452 g/mol. The van der Waals surface area contributed by atoms with Crippen LogP contribution in [0.1, 0.15) is 40.2 Å². The molecular formula is C25H29N3O3S. The number of likely N-dealkylation sites (tertiary alicyclic amines) is 1. The van der Waals surface area contributed by atoms with Crippen LogP contribution in [0.5, 0.6) is 0 Å². The molecule has 2 heterocycles. The van der Waals surface area contributed by atoms with E-state index in [1.165, 1.54) is 12.8 Å². The van der Waals surface area contributed by atoms with Crippen molar-refractivity contribution < 1.29 is 13.4 Å². The topological polar surface area (TPSA) is 75.4 Å². The number of aromatic nitrogens is 1. The van der Waals surface area contributed by atoms with Gasteiger partial charge in [0, 0.05) is 29.1 Å². The molecule has 7 heteroatoms. The van der Waals surface area contributed by atoms with E-state index in [1.54, 1.807) is 12.1 Å². The molecular weight excluding hydrogens is 422 g/mol. The quantitative estimate of drug-likeness (QED) is 0.558. The van der Waals surface area contributed by atoms with Crippen LogP contribution in [0, 0.1) is 13.8 Å². The largest absolute Gasteiger partial charge is 0.441 e. The molecule has 0 spiro atoms. The van der Waals surface area contributed by atoms with Crippen LogP contribution in [0.25, 0.3) is 11.5 Å². The van der Waals surface area contributed by atoms with Crippen LogP contribution in [0.4, 0.5) is 0 Å². The predicted molar refractivity (Wildman–Crippen MR) is 126 cm³/mol. The summed E-state index contributed by atoms with van der Waals surface area (Å²) in [4.78, 5) is 20.1. The third-order valence-corrected chi connectivity index (χ3v) is 7.08. The second-order valence-electron chi connectivity index (χ2n) is 8.21. The van der Waals surface area contributed by atoms with Crippen LogP contribution >= 0.6 is 0 Å². The lowest BCUT2D eigenvalue weighted by molar-refractivity contribution is 0.0949. The standard InChI is InChI=1S/C25H29N3O3S/c1-18-5-11-22(12-6-18)32(30)17-23-19(2)31-25(27-23)21-9-7-20(8-10-21)24(29)26-13-16-28-14-3-4-15-28/h5-12H,3-4,13-17H2,1-2H3,(H,26,29)/t32-/m0/s1. The van der Waals surface area contributed by atoms with Gasteiger partial charge in [-0.15, -0.1) is 0 Å². The van der Waals surface area contributed by atoms with Gasteiger partial charge in [0.1, 0.15) is 5.76 Å². The van der Waals surface area contributed by atoms with E-state index in [-0.39, 0.29) is 5.91 Å². The van der Waals surface area contributed by atoms with E-state index in [4.69, 9.17) is 4.42 Å². The van der Waals surface area contributed by atoms with Crippen LogP contribution in [0.2, 0.25) is 0 Å². The van der Waals surface area contributed by atoms with Gasteiger partial charge in [0.05, 0.1) is 22.2 Å². The van der Waals surface area contributed by atoms with Crippen molar-refractivity contribution in [3.63, 3.8) is 0 Å². The molecule has 1 saturated heterocycles. The lowest BCUT2D eigenvalue weighted by atomic mass is 10.1. The van der Waals surface area contributed by atoms with Gasteiger partial charge in [-0.2, -0.15) is 0 Å². The fraction of sp³-hybridized carbons (Fsp3) is 0.360. The highest BCUT2D eigenvalue weighted by atomic mass is 32.2. The van der Waals surface area contributed by atoms with Crippen molar-refractivity contribution in [1.29, 1.82) is 0 Å². The highest BCUT2D eigenvalue weighted by Crippen LogP contribution is 2.24. The van der Waals surface area contributed by atoms with Crippen molar-refractivity contribution >= 4 is 16.7 Å². The van der Waals surface area contributed by atoms with Gasteiger partial charge >= 0.3 is 0 Å². The zero-order chi connectivity index (χ0) is 22.5. The Labute approximate surface area is 191 Å². The first kappa shape index (κ1) is 22.4. The van der Waals surface area contributed by atoms with Crippen LogP contribution in [0.15, 0.2) is 57.8 Å². The second kappa shape index (κ2) is 10.2. The Hall–Kier alpha value is -2.77. The number of nitrogens with one attached hydrogen (secondary N) is 1. The summed E-state index contributed by atoms with van der Waals surface area (Å²) >= 11 is 0. The molecule has 1 aliphatic heterocycles. The van der Waals surface area contributed by atoms with E-state index in [2.05, 4.69) is 15.2 Å². The molecule has 0 unspecified atom stereocenters. The monoisotopic (exact) mass is 451 g/mol. The highest BCUT2D eigenvalue weighted by Gasteiger charge is 2.16. The number of nitrogens with zero attached hydrogens (tertiary/aromatic N) is 2. The maximum Gasteiger partial charge on any atom is 0.251 e. The number of aryl methyl sites for hydroxylation is 2. The Morgan fingerprint density at radius 2 is 1.75 bits per heavy atom. The van der Waals surface area contributed by atoms with Gasteiger partial charge in [-0.25, -0.2) is 4.98 Å². The van der Waals surface area contributed by atoms with Gasteiger partial charge in [0.15, 0.2) is 0 Å². The van der Waals surface area contributed by atoms with E-state index in [1.807, 2.05) is 50.2 Å². The van der Waals surface area contributed by atoms with E-state index in [0.29, 0.717) is 35.2 Å². The molecule has 32 heavy (non-hydrogen) atoms. The molecule has 0 radical (unpaired) electrons. The summed E-state index contributed by atoms with van der Waals surface area (Å²) in [7, 11) is -1.19. The van der Waals surface area contributed by atoms with E-state index < -0.39 is 10.8 Å². The minimum absolute atomic E-state index is 0.0754. The van der Waals surface area contributed by atoms with E-state index in [9.17, 15) is 9.00 Å². The fourth-order valence-electron chi connectivity index (χ4n) is 3.78. The molecule has 1 N–H and O–H groups in total. The van der Waals surface area contributed by atoms with Crippen molar-refractivity contribution in [3.8, 4) is 11.5 Å². The van der Waals surface area contributed by atoms with Gasteiger partial charge in [-0.1, -0.05) is 17.7 Å². The zero-order valence-corrected chi connectivity index (χ0v) is 19.4. The molecule has 1 aliphatic rings. The smallest absolute Gasteiger partial charge is 0.251 e. The molecule has 168 valence electrons. The lowest BCUT2D eigenvalue weighted by Gasteiger charge is -2.14. The summed E-state index contributed by atoms with van der Waals surface area (Å²) in [6.07, 6.45) is 2.50. The molecule has 1 fully saturated rings. The molecule has 2 aromatic carbocycles. The summed E-state index contributed by atoms with van der Waals surface area (Å²) in [6.45, 7) is 7.64. The summed E-state index contributed by atoms with van der Waals surface area (Å²) in [5.74, 6) is 1.35. The lowest BCUT2D eigenvalue weighted by Crippen LogP contribution is -2.33. The Morgan fingerprint density at radius 3 is 2.44 bits per heavy atom. The Balaban J connectivity index is 1.37. The first-order valence-electron chi connectivity index (χ1n) is 11.0. The minimum Gasteiger partial charge on any atom is -0.441 e. The predicted octanol–water partition coefficient (Wildman–Crippen LogP) is 4.09. The second-order valence-corrected chi connectivity index (χ2v) is 9.66. The van der Waals surface area contributed by atoms with Crippen molar-refractivity contribution in [2.24, 2.45) is 0 Å². The molecule has 1 atom stereocenters. The number of carbonyl (C=O) groups is 1. The first-order chi connectivity index (χ1) is 15.5. The average Bonchev–Trinajstić information content (AvgIpc) is 3.44. The molecule has 1 amide bonds. The van der Waals surface area contributed by atoms with Gasteiger partial charge in [-0.05, 0) is 76.2 Å².